The van der Waals surface area contributed by atoms with E-state index in [1.165, 1.54) is 29.5 Å². The number of rotatable bonds is 22. The van der Waals surface area contributed by atoms with Gasteiger partial charge < -0.3 is 25.6 Å². The summed E-state index contributed by atoms with van der Waals surface area (Å²) in [4.78, 5) is 74.9. The molecule has 3 unspecified atom stereocenters. The number of halogens is 3. The molecule has 1 saturated heterocycles. The fourth-order valence-corrected chi connectivity index (χ4v) is 10.8. The molecule has 0 spiro atoms. The van der Waals surface area contributed by atoms with Gasteiger partial charge in [-0.2, -0.15) is 13.2 Å². The molecule has 67 heavy (non-hydrogen) atoms. The number of nitrogens with zero attached hydrogens (tertiary/aromatic N) is 3. The van der Waals surface area contributed by atoms with E-state index >= 15 is 0 Å². The molecule has 5 rings (SSSR count). The van der Waals surface area contributed by atoms with Crippen LogP contribution in [0.2, 0.25) is 0 Å². The number of anilines is 1. The molecule has 1 aliphatic heterocycles. The lowest BCUT2D eigenvalue weighted by molar-refractivity contribution is -0.167. The minimum Gasteiger partial charge on any atom is -0.371 e. The van der Waals surface area contributed by atoms with Crippen molar-refractivity contribution in [3.05, 3.63) is 81.8 Å². The summed E-state index contributed by atoms with van der Waals surface area (Å²) in [5, 5.41) is 10.0. The maximum Gasteiger partial charge on any atom is 0.471 e. The zero-order chi connectivity index (χ0) is 49.3. The molecule has 2 aliphatic rings. The second-order valence-corrected chi connectivity index (χ2v) is 20.7. The van der Waals surface area contributed by atoms with Crippen molar-refractivity contribution >= 4 is 56.6 Å². The van der Waals surface area contributed by atoms with E-state index in [-0.39, 0.29) is 71.4 Å². The van der Waals surface area contributed by atoms with E-state index in [2.05, 4.69) is 10.6 Å². The summed E-state index contributed by atoms with van der Waals surface area (Å²) in [5.41, 5.74) is -0.118. The Morgan fingerprint density at radius 1 is 1.03 bits per heavy atom. The van der Waals surface area contributed by atoms with Gasteiger partial charge >= 0.3 is 12.1 Å². The quantitative estimate of drug-likeness (QED) is 0.0842. The average Bonchev–Trinajstić information content (AvgIpc) is 3.75. The van der Waals surface area contributed by atoms with Crippen molar-refractivity contribution in [1.82, 2.24) is 30.1 Å². The Morgan fingerprint density at radius 3 is 2.39 bits per heavy atom. The number of sulfonamides is 1. The fraction of sp³-hybridized carbons (Fsp3) is 0.574. The summed E-state index contributed by atoms with van der Waals surface area (Å²) in [6.07, 6.45) is -1.70. The Bertz CT molecular complexity index is 2320. The van der Waals surface area contributed by atoms with Gasteiger partial charge in [-0.1, -0.05) is 83.0 Å². The number of aromatic nitrogens is 1. The number of hydrogen-bond donors (Lipinski definition) is 4. The van der Waals surface area contributed by atoms with Crippen LogP contribution in [-0.4, -0.2) is 110 Å². The van der Waals surface area contributed by atoms with E-state index in [0.717, 1.165) is 37.4 Å². The number of thiazole rings is 1. The predicted molar refractivity (Wildman–Crippen MR) is 249 cm³/mol. The number of nitrogens with one attached hydrogen (secondary N) is 4. The molecule has 5 amide bonds. The molecule has 3 aromatic rings. The normalized spacial score (nSPS) is 20.5. The van der Waals surface area contributed by atoms with Crippen LogP contribution < -0.4 is 20.7 Å². The van der Waals surface area contributed by atoms with Gasteiger partial charge in [-0.05, 0) is 81.3 Å². The lowest BCUT2D eigenvalue weighted by atomic mass is 9.92. The molecule has 4 N–H and O–H groups in total. The minimum atomic E-state index is -5.14. The van der Waals surface area contributed by atoms with Gasteiger partial charge in [-0.25, -0.2) is 13.4 Å². The van der Waals surface area contributed by atoms with Gasteiger partial charge in [-0.15, -0.1) is 11.3 Å². The van der Waals surface area contributed by atoms with Crippen molar-refractivity contribution in [1.29, 1.82) is 0 Å². The Hall–Kier alpha value is -4.92. The topological polar surface area (TPSA) is 196 Å². The number of ether oxygens (including phenoxy) is 1. The summed E-state index contributed by atoms with van der Waals surface area (Å²) in [5.74, 6) is -4.96. The highest BCUT2D eigenvalue weighted by molar-refractivity contribution is 7.89. The summed E-state index contributed by atoms with van der Waals surface area (Å²) >= 11 is 1.25. The number of piperidine rings is 1. The molecule has 0 radical (unpaired) electrons. The number of likely N-dealkylation sites (N-methyl/N-ethyl adjacent to an activating group) is 2. The summed E-state index contributed by atoms with van der Waals surface area (Å²) < 4.78 is 72.6. The number of alkyl halides is 3. The summed E-state index contributed by atoms with van der Waals surface area (Å²) in [6, 6.07) is 12.9. The third-order valence-electron chi connectivity index (χ3n) is 12.8. The highest BCUT2D eigenvalue weighted by Gasteiger charge is 2.56. The van der Waals surface area contributed by atoms with Gasteiger partial charge in [0.1, 0.15) is 22.8 Å². The molecule has 1 saturated carbocycles. The number of carbonyl (C=O) groups is 5. The van der Waals surface area contributed by atoms with Crippen LogP contribution in [0.25, 0.3) is 0 Å². The van der Waals surface area contributed by atoms with Crippen LogP contribution >= 0.6 is 11.3 Å². The maximum absolute atomic E-state index is 14.3. The molecule has 2 heterocycles. The SMILES string of the molecule is CCO[C@H](CC(C(C)C)N(C)C(=O)[C@@H](NC(=O)[C@H]1CCCCN1C)[C@@H](C)CC)c1nc(C(=O)NC2(CCC(=O)NS(=O)(=O)Cc3cccc(NC(=O)C(F)(F)F)c3)CC2c2ccccc2)cs1. The zero-order valence-corrected chi connectivity index (χ0v) is 40.8. The van der Waals surface area contributed by atoms with Crippen LogP contribution in [0, 0.1) is 11.8 Å². The molecule has 1 aromatic heterocycles. The van der Waals surface area contributed by atoms with Gasteiger partial charge in [0.2, 0.25) is 27.7 Å². The van der Waals surface area contributed by atoms with Crippen LogP contribution in [0.1, 0.15) is 125 Å². The minimum absolute atomic E-state index is 0.0127. The van der Waals surface area contributed by atoms with E-state index in [4.69, 9.17) is 9.72 Å². The number of hydrogen-bond acceptors (Lipinski definition) is 11. The predicted octanol–water partition coefficient (Wildman–Crippen LogP) is 6.69. The second-order valence-electron chi connectivity index (χ2n) is 18.1. The first-order valence-corrected chi connectivity index (χ1v) is 25.3. The van der Waals surface area contributed by atoms with E-state index in [1.54, 1.807) is 22.6 Å². The van der Waals surface area contributed by atoms with Crippen LogP contribution in [0.15, 0.2) is 60.0 Å². The number of carbonyl (C=O) groups excluding carboxylic acids is 5. The van der Waals surface area contributed by atoms with Crippen molar-refractivity contribution in [2.45, 2.75) is 134 Å². The number of likely N-dealkylation sites (tertiary alicyclic amines) is 1. The van der Waals surface area contributed by atoms with E-state index in [1.807, 2.05) is 81.6 Å². The maximum atomic E-state index is 14.3. The van der Waals surface area contributed by atoms with Crippen LogP contribution in [0.4, 0.5) is 18.9 Å². The standard InChI is InChI=1S/C47H64F3N7O8S2/c1-8-30(5)40(53-42(60)36-20-13-14-23-56(36)6)44(61)57(7)37(29(3)4)25-38(65-9-2)43-52-35(27-66-43)41(59)54-46(26-34(46)32-17-11-10-12-18-32)22-21-39(58)55-67(63,64)28-31-16-15-19-33(24-31)51-45(62)47(48,49)50/h10-12,15-19,24,27,29-30,34,36-38,40H,8-9,13-14,20-23,25-26,28H2,1-7H3,(H,51,62)(H,53,60)(H,54,59)(H,55,58)/t30-,34?,36+,37?,38+,40-,46?/m0/s1. The highest BCUT2D eigenvalue weighted by atomic mass is 32.2. The largest absolute Gasteiger partial charge is 0.471 e. The molecule has 368 valence electrons. The molecular weight excluding hydrogens is 912 g/mol. The van der Waals surface area contributed by atoms with E-state index in [9.17, 15) is 45.6 Å². The Labute approximate surface area is 395 Å². The Morgan fingerprint density at radius 2 is 1.75 bits per heavy atom. The lowest BCUT2D eigenvalue weighted by Crippen LogP contribution is -2.58. The zero-order valence-electron chi connectivity index (χ0n) is 39.2. The second kappa shape index (κ2) is 22.9. The molecule has 7 atom stereocenters. The third-order valence-corrected chi connectivity index (χ3v) is 15.0. The molecule has 2 aromatic carbocycles. The summed E-state index contributed by atoms with van der Waals surface area (Å²) in [7, 11) is -0.632. The number of amides is 5. The lowest BCUT2D eigenvalue weighted by Gasteiger charge is -2.38. The van der Waals surface area contributed by atoms with Crippen molar-refractivity contribution in [2.24, 2.45) is 11.8 Å². The molecule has 0 bridgehead atoms. The molecule has 20 heteroatoms. The summed E-state index contributed by atoms with van der Waals surface area (Å²) in [6.45, 7) is 11.0. The van der Waals surface area contributed by atoms with Crippen molar-refractivity contribution in [3.8, 4) is 0 Å². The molecule has 15 nitrogen and oxygen atoms in total. The van der Waals surface area contributed by atoms with Crippen molar-refractivity contribution < 1.29 is 50.3 Å². The average molecular weight is 976 g/mol. The van der Waals surface area contributed by atoms with Gasteiger partial charge in [0.05, 0.1) is 11.8 Å². The van der Waals surface area contributed by atoms with E-state index < -0.39 is 57.4 Å². The molecule has 2 fully saturated rings. The number of benzene rings is 2. The van der Waals surface area contributed by atoms with Gasteiger partial charge in [0.25, 0.3) is 5.91 Å². The van der Waals surface area contributed by atoms with Gasteiger partial charge in [0, 0.05) is 55.1 Å². The van der Waals surface area contributed by atoms with Gasteiger partial charge in [0.15, 0.2) is 0 Å². The smallest absolute Gasteiger partial charge is 0.371 e. The Kier molecular flexibility index (Phi) is 18.1. The highest BCUT2D eigenvalue weighted by Crippen LogP contribution is 2.54. The first-order chi connectivity index (χ1) is 31.6. The molecular formula is C47H64F3N7O8S2. The van der Waals surface area contributed by atoms with E-state index in [0.29, 0.717) is 30.9 Å². The first-order valence-electron chi connectivity index (χ1n) is 22.8. The Balaban J connectivity index is 1.26. The monoisotopic (exact) mass is 975 g/mol. The fourth-order valence-electron chi connectivity index (χ4n) is 8.75. The van der Waals surface area contributed by atoms with Crippen LogP contribution in [0.3, 0.4) is 0 Å². The van der Waals surface area contributed by atoms with Crippen molar-refractivity contribution in [2.75, 3.05) is 32.6 Å². The van der Waals surface area contributed by atoms with Crippen molar-refractivity contribution in [3.63, 3.8) is 0 Å². The van der Waals surface area contributed by atoms with Crippen LogP contribution in [-0.2, 0) is 39.7 Å². The van der Waals surface area contributed by atoms with Crippen LogP contribution in [0.5, 0.6) is 0 Å². The first kappa shape index (κ1) is 53.0. The van der Waals surface area contributed by atoms with Gasteiger partial charge in [-0.3, -0.25) is 33.6 Å². The third kappa shape index (κ3) is 14.3. The molecule has 1 aliphatic carbocycles.